The molecular formula is C13H30N2. The van der Waals surface area contributed by atoms with E-state index in [4.69, 9.17) is 0 Å². The van der Waals surface area contributed by atoms with E-state index in [1.807, 2.05) is 0 Å². The summed E-state index contributed by atoms with van der Waals surface area (Å²) in [5.74, 6) is 0. The van der Waals surface area contributed by atoms with Gasteiger partial charge in [0.2, 0.25) is 0 Å². The molecule has 92 valence electrons. The third-order valence-corrected chi connectivity index (χ3v) is 3.33. The van der Waals surface area contributed by atoms with Crippen molar-refractivity contribution in [1.29, 1.82) is 0 Å². The largest absolute Gasteiger partial charge is 0.313 e. The van der Waals surface area contributed by atoms with E-state index >= 15 is 0 Å². The van der Waals surface area contributed by atoms with E-state index in [0.29, 0.717) is 12.1 Å². The molecule has 0 fully saturated rings. The Morgan fingerprint density at radius 2 is 1.40 bits per heavy atom. The fourth-order valence-corrected chi connectivity index (χ4v) is 2.11. The Morgan fingerprint density at radius 3 is 1.73 bits per heavy atom. The molecule has 0 rings (SSSR count). The van der Waals surface area contributed by atoms with E-state index in [-0.39, 0.29) is 0 Å². The van der Waals surface area contributed by atoms with Crippen LogP contribution in [0.15, 0.2) is 0 Å². The zero-order chi connectivity index (χ0) is 11.8. The zero-order valence-corrected chi connectivity index (χ0v) is 11.5. The summed E-state index contributed by atoms with van der Waals surface area (Å²) in [6, 6.07) is 2.01. The van der Waals surface area contributed by atoms with Crippen molar-refractivity contribution in [3.63, 3.8) is 0 Å². The Balaban J connectivity index is 4.13. The summed E-state index contributed by atoms with van der Waals surface area (Å²) in [5, 5.41) is 3.54. The van der Waals surface area contributed by atoms with E-state index in [9.17, 15) is 0 Å². The first-order chi connectivity index (χ1) is 7.06. The lowest BCUT2D eigenvalue weighted by Crippen LogP contribution is -2.46. The maximum Gasteiger partial charge on any atom is 0.0217 e. The molecule has 0 bridgehead atoms. The average Bonchev–Trinajstić information content (AvgIpc) is 2.20. The Labute approximate surface area is 96.4 Å². The van der Waals surface area contributed by atoms with Crippen LogP contribution >= 0.6 is 0 Å². The predicted molar refractivity (Wildman–Crippen MR) is 69.4 cm³/mol. The van der Waals surface area contributed by atoms with Gasteiger partial charge in [0.05, 0.1) is 0 Å². The summed E-state index contributed by atoms with van der Waals surface area (Å²) in [6.45, 7) is 12.4. The van der Waals surface area contributed by atoms with Gasteiger partial charge in [0.15, 0.2) is 0 Å². The van der Waals surface area contributed by atoms with Gasteiger partial charge < -0.3 is 5.32 Å². The molecule has 0 aromatic heterocycles. The van der Waals surface area contributed by atoms with Gasteiger partial charge in [0.25, 0.3) is 0 Å². The average molecular weight is 214 g/mol. The van der Waals surface area contributed by atoms with Gasteiger partial charge in [-0.2, -0.15) is 0 Å². The summed E-state index contributed by atoms with van der Waals surface area (Å²) in [7, 11) is 2.27. The summed E-state index contributed by atoms with van der Waals surface area (Å²) in [4.78, 5) is 2.55. The summed E-state index contributed by atoms with van der Waals surface area (Å²) < 4.78 is 0. The van der Waals surface area contributed by atoms with Gasteiger partial charge in [-0.1, -0.05) is 34.6 Å². The van der Waals surface area contributed by atoms with Crippen LogP contribution in [-0.2, 0) is 0 Å². The van der Waals surface area contributed by atoms with Gasteiger partial charge in [0.1, 0.15) is 0 Å². The fourth-order valence-electron chi connectivity index (χ4n) is 2.11. The van der Waals surface area contributed by atoms with Crippen LogP contribution in [0.1, 0.15) is 53.9 Å². The second-order valence-electron chi connectivity index (χ2n) is 4.76. The third-order valence-electron chi connectivity index (χ3n) is 3.33. The van der Waals surface area contributed by atoms with Crippen molar-refractivity contribution in [3.05, 3.63) is 0 Å². The maximum absolute atomic E-state index is 3.54. The fraction of sp³-hybridized carbons (Fsp3) is 1.00. The Morgan fingerprint density at radius 1 is 0.933 bits per heavy atom. The highest BCUT2D eigenvalue weighted by atomic mass is 15.2. The minimum Gasteiger partial charge on any atom is -0.313 e. The van der Waals surface area contributed by atoms with Gasteiger partial charge in [-0.15, -0.1) is 0 Å². The van der Waals surface area contributed by atoms with Gasteiger partial charge in [-0.25, -0.2) is 0 Å². The SMILES string of the molecule is CCC(CC)N(C)C(CC)CNC(C)C. The third kappa shape index (κ3) is 5.53. The molecule has 0 saturated heterocycles. The maximum atomic E-state index is 3.54. The van der Waals surface area contributed by atoms with Crippen molar-refractivity contribution in [2.45, 2.75) is 72.0 Å². The molecule has 0 spiro atoms. The van der Waals surface area contributed by atoms with Crippen LogP contribution in [0.25, 0.3) is 0 Å². The zero-order valence-electron chi connectivity index (χ0n) is 11.5. The van der Waals surface area contributed by atoms with Crippen LogP contribution in [0, 0.1) is 0 Å². The number of hydrogen-bond acceptors (Lipinski definition) is 2. The van der Waals surface area contributed by atoms with Crippen LogP contribution < -0.4 is 5.32 Å². The first-order valence-corrected chi connectivity index (χ1v) is 6.51. The second kappa shape index (κ2) is 8.12. The van der Waals surface area contributed by atoms with Crippen LogP contribution in [0.4, 0.5) is 0 Å². The molecule has 2 heteroatoms. The first-order valence-electron chi connectivity index (χ1n) is 6.51. The number of likely N-dealkylation sites (N-methyl/N-ethyl adjacent to an activating group) is 1. The van der Waals surface area contributed by atoms with E-state index in [0.717, 1.165) is 12.6 Å². The molecule has 0 aliphatic heterocycles. The lowest BCUT2D eigenvalue weighted by molar-refractivity contribution is 0.154. The van der Waals surface area contributed by atoms with E-state index in [1.54, 1.807) is 0 Å². The van der Waals surface area contributed by atoms with Crippen LogP contribution in [0.5, 0.6) is 0 Å². The summed E-state index contributed by atoms with van der Waals surface area (Å²) in [6.07, 6.45) is 3.74. The lowest BCUT2D eigenvalue weighted by atomic mass is 10.1. The number of hydrogen-bond donors (Lipinski definition) is 1. The monoisotopic (exact) mass is 214 g/mol. The summed E-state index contributed by atoms with van der Waals surface area (Å²) in [5.41, 5.74) is 0. The minimum atomic E-state index is 0.592. The Bertz CT molecular complexity index is 141. The Hall–Kier alpha value is -0.0800. The molecule has 0 saturated carbocycles. The van der Waals surface area contributed by atoms with Crippen molar-refractivity contribution in [2.24, 2.45) is 0 Å². The second-order valence-corrected chi connectivity index (χ2v) is 4.76. The van der Waals surface area contributed by atoms with E-state index < -0.39 is 0 Å². The smallest absolute Gasteiger partial charge is 0.0217 e. The molecule has 2 nitrogen and oxygen atoms in total. The molecule has 0 heterocycles. The highest BCUT2D eigenvalue weighted by molar-refractivity contribution is 4.76. The molecule has 0 aliphatic carbocycles. The molecule has 1 atom stereocenters. The molecule has 1 unspecified atom stereocenters. The normalized spacial score (nSPS) is 14.2. The number of rotatable bonds is 8. The topological polar surface area (TPSA) is 15.3 Å². The molecule has 0 radical (unpaired) electrons. The van der Waals surface area contributed by atoms with E-state index in [1.165, 1.54) is 19.3 Å². The standard InChI is InChI=1S/C13H30N2/c1-7-12(8-2)15(6)13(9-3)10-14-11(4)5/h11-14H,7-10H2,1-6H3. The van der Waals surface area contributed by atoms with Crippen LogP contribution in [-0.4, -0.2) is 36.6 Å². The lowest BCUT2D eigenvalue weighted by Gasteiger charge is -2.34. The Kier molecular flexibility index (Phi) is 8.07. The van der Waals surface area contributed by atoms with E-state index in [2.05, 4.69) is 51.9 Å². The molecule has 15 heavy (non-hydrogen) atoms. The van der Waals surface area contributed by atoms with Crippen molar-refractivity contribution in [1.82, 2.24) is 10.2 Å². The van der Waals surface area contributed by atoms with Crippen LogP contribution in [0.2, 0.25) is 0 Å². The highest BCUT2D eigenvalue weighted by Crippen LogP contribution is 2.12. The quantitative estimate of drug-likeness (QED) is 0.668. The van der Waals surface area contributed by atoms with Gasteiger partial charge in [-0.05, 0) is 26.3 Å². The highest BCUT2D eigenvalue weighted by Gasteiger charge is 2.18. The van der Waals surface area contributed by atoms with Crippen molar-refractivity contribution in [3.8, 4) is 0 Å². The van der Waals surface area contributed by atoms with Crippen LogP contribution in [0.3, 0.4) is 0 Å². The molecule has 0 amide bonds. The molecule has 0 aliphatic rings. The van der Waals surface area contributed by atoms with Crippen molar-refractivity contribution < 1.29 is 0 Å². The molecular weight excluding hydrogens is 184 g/mol. The van der Waals surface area contributed by atoms with Gasteiger partial charge in [-0.3, -0.25) is 4.90 Å². The molecule has 1 N–H and O–H groups in total. The molecule has 0 aromatic rings. The van der Waals surface area contributed by atoms with Crippen molar-refractivity contribution >= 4 is 0 Å². The summed E-state index contributed by atoms with van der Waals surface area (Å²) >= 11 is 0. The first kappa shape index (κ1) is 14.9. The minimum absolute atomic E-state index is 0.592. The molecule has 0 aromatic carbocycles. The number of nitrogens with zero attached hydrogens (tertiary/aromatic N) is 1. The number of nitrogens with one attached hydrogen (secondary N) is 1. The van der Waals surface area contributed by atoms with Crippen molar-refractivity contribution in [2.75, 3.05) is 13.6 Å². The van der Waals surface area contributed by atoms with Gasteiger partial charge in [0, 0.05) is 24.7 Å². The predicted octanol–water partition coefficient (Wildman–Crippen LogP) is 2.88. The van der Waals surface area contributed by atoms with Gasteiger partial charge >= 0.3 is 0 Å².